The summed E-state index contributed by atoms with van der Waals surface area (Å²) in [6, 6.07) is 22.0. The van der Waals surface area contributed by atoms with Gasteiger partial charge < -0.3 is 15.4 Å². The molecule has 1 aromatic heterocycles. The van der Waals surface area contributed by atoms with Crippen LogP contribution < -0.4 is 10.9 Å². The number of aryl methyl sites for hydroxylation is 1. The molecule has 3 unspecified atom stereocenters. The zero-order valence-corrected chi connectivity index (χ0v) is 21.9. The summed E-state index contributed by atoms with van der Waals surface area (Å²) in [6.07, 6.45) is 0.883. The molecule has 0 amide bonds. The van der Waals surface area contributed by atoms with Gasteiger partial charge in [-0.1, -0.05) is 52.3 Å². The molecule has 3 atom stereocenters. The minimum absolute atomic E-state index is 0. The van der Waals surface area contributed by atoms with Crippen molar-refractivity contribution in [1.82, 2.24) is 10.3 Å². The van der Waals surface area contributed by atoms with E-state index in [0.29, 0.717) is 24.9 Å². The molecular formula is C28H28BrFN2O2S. The average Bonchev–Trinajstić information content (AvgIpc) is 2.80. The first-order valence-corrected chi connectivity index (χ1v) is 12.2. The number of hydrogen-bond acceptors (Lipinski definition) is 3. The van der Waals surface area contributed by atoms with Crippen LogP contribution in [0.1, 0.15) is 47.1 Å². The van der Waals surface area contributed by atoms with Crippen LogP contribution in [0.4, 0.5) is 4.39 Å². The number of halogens is 2. The van der Waals surface area contributed by atoms with Gasteiger partial charge in [-0.2, -0.15) is 13.5 Å². The van der Waals surface area contributed by atoms with Crippen LogP contribution >= 0.6 is 29.4 Å². The second-order valence-electron chi connectivity index (χ2n) is 9.19. The minimum Gasteiger partial charge on any atom is -0.389 e. The lowest BCUT2D eigenvalue weighted by molar-refractivity contribution is -0.0194. The van der Waals surface area contributed by atoms with Crippen molar-refractivity contribution in [1.29, 1.82) is 0 Å². The van der Waals surface area contributed by atoms with E-state index in [4.69, 9.17) is 0 Å². The molecule has 4 nitrogen and oxygen atoms in total. The Bertz CT molecular complexity index is 1410. The summed E-state index contributed by atoms with van der Waals surface area (Å²) in [4.78, 5) is 16.3. The van der Waals surface area contributed by atoms with Gasteiger partial charge >= 0.3 is 0 Å². The predicted molar refractivity (Wildman–Crippen MR) is 147 cm³/mol. The van der Waals surface area contributed by atoms with Crippen molar-refractivity contribution in [3.05, 3.63) is 116 Å². The van der Waals surface area contributed by atoms with Crippen LogP contribution in [0.2, 0.25) is 0 Å². The Morgan fingerprint density at radius 1 is 1.09 bits per heavy atom. The van der Waals surface area contributed by atoms with Crippen molar-refractivity contribution in [2.75, 3.05) is 6.54 Å². The lowest BCUT2D eigenvalue weighted by Crippen LogP contribution is -2.49. The number of H-pyrrole nitrogens is 1. The Hall–Kier alpha value is -2.45. The Balaban J connectivity index is 0.00000289. The first kappa shape index (κ1) is 25.6. The summed E-state index contributed by atoms with van der Waals surface area (Å²) < 4.78 is 14.6. The third kappa shape index (κ3) is 5.09. The maximum Gasteiger partial charge on any atom is 0.252 e. The van der Waals surface area contributed by atoms with E-state index in [1.165, 1.54) is 12.1 Å². The predicted octanol–water partition coefficient (Wildman–Crippen LogP) is 5.84. The summed E-state index contributed by atoms with van der Waals surface area (Å²) in [5.41, 5.74) is 2.60. The molecule has 0 spiro atoms. The van der Waals surface area contributed by atoms with Crippen molar-refractivity contribution >= 4 is 40.3 Å². The van der Waals surface area contributed by atoms with E-state index in [9.17, 15) is 14.3 Å². The van der Waals surface area contributed by atoms with Gasteiger partial charge in [0.05, 0.1) is 5.60 Å². The number of hydrogen-bond donors (Lipinski definition) is 3. The molecule has 5 rings (SSSR count). The van der Waals surface area contributed by atoms with E-state index in [2.05, 4.69) is 26.2 Å². The molecule has 1 aliphatic heterocycles. The summed E-state index contributed by atoms with van der Waals surface area (Å²) in [7, 11) is 0. The molecule has 7 heteroatoms. The maximum absolute atomic E-state index is 13.7. The topological polar surface area (TPSA) is 65.1 Å². The zero-order chi connectivity index (χ0) is 23.9. The first-order valence-electron chi connectivity index (χ1n) is 11.4. The lowest BCUT2D eigenvalue weighted by atomic mass is 9.70. The molecule has 182 valence electrons. The number of piperidine rings is 1. The van der Waals surface area contributed by atoms with E-state index in [1.54, 1.807) is 6.07 Å². The summed E-state index contributed by atoms with van der Waals surface area (Å²) >= 11 is 3.51. The number of nitrogens with one attached hydrogen (secondary N) is 2. The van der Waals surface area contributed by atoms with E-state index < -0.39 is 11.5 Å². The summed E-state index contributed by atoms with van der Waals surface area (Å²) in [5, 5.41) is 16.6. The van der Waals surface area contributed by atoms with Gasteiger partial charge in [0.25, 0.3) is 5.56 Å². The number of rotatable bonds is 4. The molecule has 1 fully saturated rings. The second-order valence-corrected chi connectivity index (χ2v) is 10.1. The highest BCUT2D eigenvalue weighted by Gasteiger charge is 2.44. The van der Waals surface area contributed by atoms with Crippen molar-refractivity contribution in [3.8, 4) is 0 Å². The van der Waals surface area contributed by atoms with Gasteiger partial charge in [-0.05, 0) is 84.8 Å². The van der Waals surface area contributed by atoms with Crippen LogP contribution in [-0.2, 0) is 0 Å². The van der Waals surface area contributed by atoms with Crippen LogP contribution in [0.5, 0.6) is 0 Å². The monoisotopic (exact) mass is 554 g/mol. The fourth-order valence-corrected chi connectivity index (χ4v) is 5.72. The third-order valence-electron chi connectivity index (χ3n) is 6.93. The molecule has 4 aromatic rings. The molecule has 2 heterocycles. The number of aromatic nitrogens is 1. The van der Waals surface area contributed by atoms with E-state index in [1.807, 2.05) is 61.5 Å². The van der Waals surface area contributed by atoms with Crippen LogP contribution in [0, 0.1) is 12.7 Å². The maximum atomic E-state index is 13.7. The van der Waals surface area contributed by atoms with Crippen LogP contribution in [0.25, 0.3) is 10.9 Å². The first-order chi connectivity index (χ1) is 16.3. The Morgan fingerprint density at radius 2 is 1.86 bits per heavy atom. The molecule has 35 heavy (non-hydrogen) atoms. The molecule has 0 aliphatic carbocycles. The molecule has 0 saturated carbocycles. The zero-order valence-electron chi connectivity index (χ0n) is 19.3. The van der Waals surface area contributed by atoms with Crippen molar-refractivity contribution in [3.63, 3.8) is 0 Å². The number of pyridine rings is 1. The van der Waals surface area contributed by atoms with Gasteiger partial charge in [0.15, 0.2) is 0 Å². The number of fused-ring (bicyclic) bond motifs is 1. The van der Waals surface area contributed by atoms with Crippen molar-refractivity contribution in [2.45, 2.75) is 37.3 Å². The molecule has 3 aromatic carbocycles. The normalized spacial score (nSPS) is 20.9. The van der Waals surface area contributed by atoms with Gasteiger partial charge in [0, 0.05) is 27.5 Å². The van der Waals surface area contributed by atoms with Crippen LogP contribution in [-0.4, -0.2) is 22.2 Å². The molecular weight excluding hydrogens is 527 g/mol. The minimum atomic E-state index is -1.18. The smallest absolute Gasteiger partial charge is 0.252 e. The molecule has 1 aliphatic rings. The number of aliphatic hydroxyl groups is 1. The lowest BCUT2D eigenvalue weighted by Gasteiger charge is -2.43. The van der Waals surface area contributed by atoms with Gasteiger partial charge in [0.2, 0.25) is 0 Å². The van der Waals surface area contributed by atoms with Crippen molar-refractivity contribution < 1.29 is 9.50 Å². The molecule has 3 N–H and O–H groups in total. The largest absolute Gasteiger partial charge is 0.389 e. The van der Waals surface area contributed by atoms with Gasteiger partial charge in [-0.15, -0.1) is 0 Å². The Kier molecular flexibility index (Phi) is 7.52. The average molecular weight is 556 g/mol. The molecule has 1 saturated heterocycles. The van der Waals surface area contributed by atoms with Gasteiger partial charge in [-0.25, -0.2) is 4.39 Å². The Labute approximate surface area is 219 Å². The van der Waals surface area contributed by atoms with E-state index in [-0.39, 0.29) is 30.9 Å². The molecule has 0 bridgehead atoms. The second kappa shape index (κ2) is 10.3. The fraction of sp³-hybridized carbons (Fsp3) is 0.250. The fourth-order valence-electron chi connectivity index (χ4n) is 5.34. The number of benzene rings is 3. The highest BCUT2D eigenvalue weighted by Crippen LogP contribution is 2.44. The van der Waals surface area contributed by atoms with Crippen LogP contribution in [0.3, 0.4) is 0 Å². The molecule has 0 radical (unpaired) electrons. The quantitative estimate of drug-likeness (QED) is 0.297. The number of aromatic amines is 1. The van der Waals surface area contributed by atoms with Gasteiger partial charge in [-0.3, -0.25) is 4.79 Å². The van der Waals surface area contributed by atoms with E-state index in [0.717, 1.165) is 32.1 Å². The van der Waals surface area contributed by atoms with E-state index >= 15 is 0 Å². The van der Waals surface area contributed by atoms with Gasteiger partial charge in [0.1, 0.15) is 5.82 Å². The van der Waals surface area contributed by atoms with Crippen LogP contribution in [0.15, 0.2) is 82.1 Å². The highest BCUT2D eigenvalue weighted by molar-refractivity contribution is 9.10. The SMILES string of the molecule is Cc1cc(F)ccc1C1CC(O)(C(c2ccccc2)c2cc3cc(Br)ccc3[nH]c2=O)CCN1.S. The Morgan fingerprint density at radius 3 is 2.60 bits per heavy atom. The summed E-state index contributed by atoms with van der Waals surface area (Å²) in [6.45, 7) is 2.46. The van der Waals surface area contributed by atoms with Crippen molar-refractivity contribution in [2.24, 2.45) is 0 Å². The highest BCUT2D eigenvalue weighted by atomic mass is 79.9. The third-order valence-corrected chi connectivity index (χ3v) is 7.42. The standard InChI is InChI=1S/C28H26BrFN2O2.H2S/c1-17-13-21(30)8-9-22(17)25-16-28(34,11-12-31-25)26(18-5-3-2-4-6-18)23-15-19-14-20(29)7-10-24(19)32-27(23)33;/h2-10,13-15,25-26,31,34H,11-12,16H2,1H3,(H,32,33);1H2. The summed E-state index contributed by atoms with van der Waals surface area (Å²) in [5.74, 6) is -0.797.